The molecule has 0 saturated heterocycles. The van der Waals surface area contributed by atoms with E-state index in [1.54, 1.807) is 18.2 Å². The predicted octanol–water partition coefficient (Wildman–Crippen LogP) is 3.34. The molecular weight excluding hydrogens is 390 g/mol. The van der Waals surface area contributed by atoms with Crippen LogP contribution in [0.25, 0.3) is 11.4 Å². The van der Waals surface area contributed by atoms with Crippen molar-refractivity contribution in [3.8, 4) is 11.4 Å². The standard InChI is InChI=1S/C20H25N5O3S/c1-5-21-17-11-10-16(29(26,27)25(3)4)12-18(17)22-13-19-23-20(24-28-19)15-8-6-14(2)7-9-15/h6-12,21-22H,5,13H2,1-4H3. The molecule has 0 atom stereocenters. The lowest BCUT2D eigenvalue weighted by atomic mass is 10.1. The van der Waals surface area contributed by atoms with E-state index in [0.29, 0.717) is 23.9 Å². The fourth-order valence-corrected chi connectivity index (χ4v) is 3.63. The maximum atomic E-state index is 12.4. The van der Waals surface area contributed by atoms with Crippen LogP contribution in [-0.2, 0) is 16.6 Å². The zero-order valence-corrected chi connectivity index (χ0v) is 17.7. The maximum absolute atomic E-state index is 12.4. The molecule has 0 bridgehead atoms. The van der Waals surface area contributed by atoms with Crippen molar-refractivity contribution in [3.05, 3.63) is 53.9 Å². The lowest BCUT2D eigenvalue weighted by Gasteiger charge is -2.16. The molecule has 0 aliphatic rings. The Balaban J connectivity index is 1.81. The largest absolute Gasteiger partial charge is 0.384 e. The molecular formula is C20H25N5O3S. The van der Waals surface area contributed by atoms with Gasteiger partial charge in [0.1, 0.15) is 0 Å². The Labute approximate surface area is 171 Å². The Kier molecular flexibility index (Phi) is 6.19. The van der Waals surface area contributed by atoms with Crippen molar-refractivity contribution in [3.63, 3.8) is 0 Å². The van der Waals surface area contributed by atoms with E-state index in [4.69, 9.17) is 4.52 Å². The minimum Gasteiger partial charge on any atom is -0.384 e. The Morgan fingerprint density at radius 2 is 1.76 bits per heavy atom. The predicted molar refractivity (Wildman–Crippen MR) is 113 cm³/mol. The van der Waals surface area contributed by atoms with Crippen molar-refractivity contribution < 1.29 is 12.9 Å². The monoisotopic (exact) mass is 415 g/mol. The van der Waals surface area contributed by atoms with Crippen molar-refractivity contribution in [2.75, 3.05) is 31.3 Å². The first-order chi connectivity index (χ1) is 13.8. The molecule has 2 N–H and O–H groups in total. The van der Waals surface area contributed by atoms with Crippen molar-refractivity contribution in [1.29, 1.82) is 0 Å². The van der Waals surface area contributed by atoms with Gasteiger partial charge in [-0.25, -0.2) is 12.7 Å². The molecule has 3 aromatic rings. The van der Waals surface area contributed by atoms with Gasteiger partial charge >= 0.3 is 0 Å². The summed E-state index contributed by atoms with van der Waals surface area (Å²) in [7, 11) is -0.524. The summed E-state index contributed by atoms with van der Waals surface area (Å²) in [5, 5.41) is 10.4. The van der Waals surface area contributed by atoms with Crippen LogP contribution in [0.15, 0.2) is 51.9 Å². The summed E-state index contributed by atoms with van der Waals surface area (Å²) >= 11 is 0. The van der Waals surface area contributed by atoms with Gasteiger partial charge in [-0.2, -0.15) is 4.98 Å². The van der Waals surface area contributed by atoms with Gasteiger partial charge in [0.05, 0.1) is 22.8 Å². The average molecular weight is 416 g/mol. The number of benzene rings is 2. The summed E-state index contributed by atoms with van der Waals surface area (Å²) in [6, 6.07) is 12.8. The molecule has 0 amide bonds. The lowest BCUT2D eigenvalue weighted by molar-refractivity contribution is 0.384. The Hall–Kier alpha value is -2.91. The Bertz CT molecular complexity index is 1080. The molecule has 154 valence electrons. The van der Waals surface area contributed by atoms with Crippen LogP contribution < -0.4 is 10.6 Å². The summed E-state index contributed by atoms with van der Waals surface area (Å²) in [6.45, 7) is 4.96. The number of rotatable bonds is 8. The van der Waals surface area contributed by atoms with Gasteiger partial charge in [-0.15, -0.1) is 0 Å². The van der Waals surface area contributed by atoms with Crippen LogP contribution in [0.4, 0.5) is 11.4 Å². The third-order valence-corrected chi connectivity index (χ3v) is 6.16. The molecule has 0 spiro atoms. The highest BCUT2D eigenvalue weighted by molar-refractivity contribution is 7.89. The van der Waals surface area contributed by atoms with Crippen LogP contribution in [0.3, 0.4) is 0 Å². The quantitative estimate of drug-likeness (QED) is 0.582. The van der Waals surface area contributed by atoms with Gasteiger partial charge in [0, 0.05) is 26.2 Å². The van der Waals surface area contributed by atoms with Crippen LogP contribution >= 0.6 is 0 Å². The van der Waals surface area contributed by atoms with Gasteiger partial charge in [-0.3, -0.25) is 0 Å². The van der Waals surface area contributed by atoms with Crippen molar-refractivity contribution in [1.82, 2.24) is 14.4 Å². The second-order valence-electron chi connectivity index (χ2n) is 6.76. The number of hydrogen-bond donors (Lipinski definition) is 2. The fourth-order valence-electron chi connectivity index (χ4n) is 2.70. The molecule has 8 nitrogen and oxygen atoms in total. The molecule has 2 aromatic carbocycles. The molecule has 0 aliphatic carbocycles. The maximum Gasteiger partial charge on any atom is 0.246 e. The Morgan fingerprint density at radius 3 is 2.41 bits per heavy atom. The number of nitrogens with zero attached hydrogens (tertiary/aromatic N) is 3. The summed E-state index contributed by atoms with van der Waals surface area (Å²) in [6.07, 6.45) is 0. The van der Waals surface area contributed by atoms with E-state index in [9.17, 15) is 8.42 Å². The second-order valence-corrected chi connectivity index (χ2v) is 8.91. The van der Waals surface area contributed by atoms with Gasteiger partial charge in [0.2, 0.25) is 21.7 Å². The normalized spacial score (nSPS) is 11.6. The second kappa shape index (κ2) is 8.62. The highest BCUT2D eigenvalue weighted by Gasteiger charge is 2.19. The molecule has 9 heteroatoms. The van der Waals surface area contributed by atoms with E-state index in [-0.39, 0.29) is 11.4 Å². The molecule has 0 radical (unpaired) electrons. The number of nitrogens with one attached hydrogen (secondary N) is 2. The van der Waals surface area contributed by atoms with E-state index in [1.807, 2.05) is 38.1 Å². The molecule has 29 heavy (non-hydrogen) atoms. The van der Waals surface area contributed by atoms with Crippen LogP contribution in [0.1, 0.15) is 18.4 Å². The number of aromatic nitrogens is 2. The number of hydrogen-bond acceptors (Lipinski definition) is 7. The Morgan fingerprint density at radius 1 is 1.03 bits per heavy atom. The van der Waals surface area contributed by atoms with E-state index >= 15 is 0 Å². The molecule has 1 aromatic heterocycles. The minimum absolute atomic E-state index is 0.206. The van der Waals surface area contributed by atoms with E-state index in [1.165, 1.54) is 18.4 Å². The van der Waals surface area contributed by atoms with Gasteiger partial charge in [-0.1, -0.05) is 35.0 Å². The SMILES string of the molecule is CCNc1ccc(S(=O)(=O)N(C)C)cc1NCc1nc(-c2ccc(C)cc2)no1. The van der Waals surface area contributed by atoms with Gasteiger partial charge in [0.15, 0.2) is 0 Å². The fraction of sp³-hybridized carbons (Fsp3) is 0.300. The van der Waals surface area contributed by atoms with Crippen molar-refractivity contribution >= 4 is 21.4 Å². The average Bonchev–Trinajstić information content (AvgIpc) is 3.16. The van der Waals surface area contributed by atoms with Gasteiger partial charge < -0.3 is 15.2 Å². The third kappa shape index (κ3) is 4.75. The van der Waals surface area contributed by atoms with Crippen LogP contribution in [0, 0.1) is 6.92 Å². The van der Waals surface area contributed by atoms with E-state index < -0.39 is 10.0 Å². The minimum atomic E-state index is -3.54. The topological polar surface area (TPSA) is 100 Å². The number of sulfonamides is 1. The highest BCUT2D eigenvalue weighted by Crippen LogP contribution is 2.27. The zero-order valence-electron chi connectivity index (χ0n) is 16.9. The van der Waals surface area contributed by atoms with Crippen molar-refractivity contribution in [2.45, 2.75) is 25.3 Å². The highest BCUT2D eigenvalue weighted by atomic mass is 32.2. The molecule has 0 fully saturated rings. The zero-order chi connectivity index (χ0) is 21.0. The molecule has 0 saturated carbocycles. The lowest BCUT2D eigenvalue weighted by Crippen LogP contribution is -2.22. The van der Waals surface area contributed by atoms with Crippen molar-refractivity contribution in [2.24, 2.45) is 0 Å². The smallest absolute Gasteiger partial charge is 0.246 e. The summed E-state index contributed by atoms with van der Waals surface area (Å²) in [4.78, 5) is 4.62. The number of anilines is 2. The van der Waals surface area contributed by atoms with Gasteiger partial charge in [0.25, 0.3) is 0 Å². The number of aryl methyl sites for hydroxylation is 1. The molecule has 0 aliphatic heterocycles. The summed E-state index contributed by atoms with van der Waals surface area (Å²) < 4.78 is 31.4. The first-order valence-corrected chi connectivity index (χ1v) is 10.7. The van der Waals surface area contributed by atoms with Gasteiger partial charge in [-0.05, 0) is 32.0 Å². The summed E-state index contributed by atoms with van der Waals surface area (Å²) in [5.41, 5.74) is 3.47. The van der Waals surface area contributed by atoms with E-state index in [0.717, 1.165) is 16.8 Å². The van der Waals surface area contributed by atoms with E-state index in [2.05, 4.69) is 20.8 Å². The van der Waals surface area contributed by atoms with Crippen LogP contribution in [0.2, 0.25) is 0 Å². The third-order valence-electron chi connectivity index (χ3n) is 4.34. The molecule has 0 unspecified atom stereocenters. The molecule has 3 rings (SSSR count). The van der Waals surface area contributed by atoms with Crippen LogP contribution in [0.5, 0.6) is 0 Å². The molecule has 1 heterocycles. The first-order valence-electron chi connectivity index (χ1n) is 9.25. The summed E-state index contributed by atoms with van der Waals surface area (Å²) in [5.74, 6) is 0.918. The first kappa shape index (κ1) is 20.8. The van der Waals surface area contributed by atoms with Crippen LogP contribution in [-0.4, -0.2) is 43.5 Å².